The second kappa shape index (κ2) is 4.13. The Bertz CT molecular complexity index is 302. The maximum absolute atomic E-state index is 12.8. The largest absolute Gasteiger partial charge is 0.488 e. The molecule has 1 N–H and O–H groups in total. The summed E-state index contributed by atoms with van der Waals surface area (Å²) in [5.41, 5.74) is 0. The van der Waals surface area contributed by atoms with Crippen LogP contribution in [0.15, 0.2) is 12.1 Å². The van der Waals surface area contributed by atoms with E-state index < -0.39 is 23.2 Å². The molecule has 0 spiro atoms. The minimum absolute atomic E-state index is 0.209. The van der Waals surface area contributed by atoms with E-state index >= 15 is 0 Å². The van der Waals surface area contributed by atoms with Crippen LogP contribution in [0.25, 0.3) is 0 Å². The summed E-state index contributed by atoms with van der Waals surface area (Å²) in [5, 5.41) is 8.32. The fourth-order valence-corrected chi connectivity index (χ4v) is 0.793. The highest BCUT2D eigenvalue weighted by molar-refractivity contribution is 5.26. The van der Waals surface area contributed by atoms with Crippen molar-refractivity contribution in [2.24, 2.45) is 0 Å². The number of hydrogen-bond acceptors (Lipinski definition) is 2. The third-order valence-corrected chi connectivity index (χ3v) is 1.31. The van der Waals surface area contributed by atoms with Gasteiger partial charge in [-0.1, -0.05) is 0 Å². The normalized spacial score (nSPS) is 10.2. The van der Waals surface area contributed by atoms with E-state index in [4.69, 9.17) is 5.11 Å². The summed E-state index contributed by atoms with van der Waals surface area (Å²) >= 11 is 0. The first-order chi connectivity index (χ1) is 6.15. The van der Waals surface area contributed by atoms with Crippen LogP contribution >= 0.6 is 0 Å². The summed E-state index contributed by atoms with van der Waals surface area (Å²) in [7, 11) is 0. The quantitative estimate of drug-likeness (QED) is 0.735. The van der Waals surface area contributed by atoms with Gasteiger partial charge in [-0.15, -0.1) is 0 Å². The van der Waals surface area contributed by atoms with Gasteiger partial charge in [-0.3, -0.25) is 0 Å². The highest BCUT2D eigenvalue weighted by Crippen LogP contribution is 2.21. The van der Waals surface area contributed by atoms with Gasteiger partial charge in [-0.05, 0) is 0 Å². The number of ether oxygens (including phenoxy) is 1. The second-order valence-corrected chi connectivity index (χ2v) is 2.27. The van der Waals surface area contributed by atoms with E-state index in [0.717, 1.165) is 0 Å². The predicted octanol–water partition coefficient (Wildman–Crippen LogP) is 1.47. The highest BCUT2D eigenvalue weighted by atomic mass is 19.2. The third kappa shape index (κ3) is 2.35. The Morgan fingerprint density at radius 1 is 1.23 bits per heavy atom. The van der Waals surface area contributed by atoms with Crippen molar-refractivity contribution in [1.82, 2.24) is 0 Å². The average molecular weight is 192 g/mol. The van der Waals surface area contributed by atoms with Crippen LogP contribution in [0.3, 0.4) is 0 Å². The van der Waals surface area contributed by atoms with Crippen LogP contribution < -0.4 is 4.74 Å². The number of hydrogen-bond donors (Lipinski definition) is 1. The van der Waals surface area contributed by atoms with Crippen molar-refractivity contribution in [3.63, 3.8) is 0 Å². The lowest BCUT2D eigenvalue weighted by Gasteiger charge is -2.05. The molecule has 0 saturated carbocycles. The van der Waals surface area contributed by atoms with Crippen LogP contribution in [0.4, 0.5) is 13.2 Å². The summed E-state index contributed by atoms with van der Waals surface area (Å²) in [6.07, 6.45) is 0. The number of rotatable bonds is 3. The van der Waals surface area contributed by atoms with Crippen molar-refractivity contribution in [1.29, 1.82) is 0 Å². The van der Waals surface area contributed by atoms with E-state index in [0.29, 0.717) is 12.1 Å². The van der Waals surface area contributed by atoms with E-state index in [2.05, 4.69) is 4.74 Å². The van der Waals surface area contributed by atoms with Crippen LogP contribution in [0.2, 0.25) is 0 Å². The van der Waals surface area contributed by atoms with Crippen molar-refractivity contribution in [2.75, 3.05) is 13.2 Å². The molecule has 0 heterocycles. The number of aliphatic hydroxyl groups excluding tert-OH is 1. The van der Waals surface area contributed by atoms with E-state index in [1.807, 2.05) is 0 Å². The van der Waals surface area contributed by atoms with Gasteiger partial charge >= 0.3 is 0 Å². The van der Waals surface area contributed by atoms with Gasteiger partial charge in [0.15, 0.2) is 11.6 Å². The van der Waals surface area contributed by atoms with Crippen molar-refractivity contribution in [3.05, 3.63) is 29.6 Å². The summed E-state index contributed by atoms with van der Waals surface area (Å²) < 4.78 is 42.3. The van der Waals surface area contributed by atoms with Gasteiger partial charge in [0.05, 0.1) is 6.61 Å². The van der Waals surface area contributed by atoms with Gasteiger partial charge in [-0.25, -0.2) is 8.78 Å². The first-order valence-corrected chi connectivity index (χ1v) is 3.53. The molecule has 0 aliphatic carbocycles. The number of benzene rings is 1. The molecule has 0 atom stereocenters. The van der Waals surface area contributed by atoms with Gasteiger partial charge < -0.3 is 9.84 Å². The van der Waals surface area contributed by atoms with Crippen molar-refractivity contribution < 1.29 is 23.0 Å². The lowest BCUT2D eigenvalue weighted by atomic mass is 10.3. The van der Waals surface area contributed by atoms with E-state index in [9.17, 15) is 13.2 Å². The molecule has 1 aromatic rings. The van der Waals surface area contributed by atoms with Crippen molar-refractivity contribution in [3.8, 4) is 5.75 Å². The highest BCUT2D eigenvalue weighted by Gasteiger charge is 2.11. The Morgan fingerprint density at radius 2 is 1.92 bits per heavy atom. The molecule has 2 nitrogen and oxygen atoms in total. The molecule has 1 aromatic carbocycles. The van der Waals surface area contributed by atoms with Crippen LogP contribution in [0.1, 0.15) is 0 Å². The fourth-order valence-electron chi connectivity index (χ4n) is 0.793. The number of halogens is 3. The van der Waals surface area contributed by atoms with Gasteiger partial charge in [0.25, 0.3) is 0 Å². The maximum Gasteiger partial charge on any atom is 0.200 e. The van der Waals surface area contributed by atoms with Crippen molar-refractivity contribution in [2.45, 2.75) is 0 Å². The molecular formula is C8H7F3O2. The molecule has 5 heteroatoms. The van der Waals surface area contributed by atoms with Crippen LogP contribution in [-0.2, 0) is 0 Å². The molecule has 72 valence electrons. The Labute approximate surface area is 72.6 Å². The zero-order valence-electron chi connectivity index (χ0n) is 6.56. The molecule has 0 aliphatic heterocycles. The Kier molecular flexibility index (Phi) is 3.13. The molecule has 13 heavy (non-hydrogen) atoms. The molecule has 0 fully saturated rings. The van der Waals surface area contributed by atoms with E-state index in [1.54, 1.807) is 0 Å². The zero-order chi connectivity index (χ0) is 9.84. The molecule has 0 aliphatic rings. The molecule has 0 saturated heterocycles. The average Bonchev–Trinajstić information content (AvgIpc) is 2.09. The van der Waals surface area contributed by atoms with Gasteiger partial charge in [0.1, 0.15) is 12.4 Å². The van der Waals surface area contributed by atoms with Gasteiger partial charge in [0.2, 0.25) is 5.82 Å². The standard InChI is InChI=1S/C8H7F3O2/c9-5-3-6(10)8(11)7(4-5)13-2-1-12/h3-4,12H,1-2H2. The summed E-state index contributed by atoms with van der Waals surface area (Å²) in [6.45, 7) is -0.558. The Hall–Kier alpha value is -1.23. The summed E-state index contributed by atoms with van der Waals surface area (Å²) in [4.78, 5) is 0. The van der Waals surface area contributed by atoms with Crippen molar-refractivity contribution >= 4 is 0 Å². The predicted molar refractivity (Wildman–Crippen MR) is 38.9 cm³/mol. The minimum Gasteiger partial charge on any atom is -0.488 e. The molecular weight excluding hydrogens is 185 g/mol. The maximum atomic E-state index is 12.8. The lowest BCUT2D eigenvalue weighted by molar-refractivity contribution is 0.194. The van der Waals surface area contributed by atoms with Gasteiger partial charge in [0, 0.05) is 12.1 Å². The molecule has 0 aromatic heterocycles. The Balaban J connectivity index is 2.92. The SMILES string of the molecule is OCCOc1cc(F)cc(F)c1F. The van der Waals surface area contributed by atoms with E-state index in [1.165, 1.54) is 0 Å². The fraction of sp³-hybridized carbons (Fsp3) is 0.250. The monoisotopic (exact) mass is 192 g/mol. The molecule has 0 unspecified atom stereocenters. The van der Waals surface area contributed by atoms with Gasteiger partial charge in [-0.2, -0.15) is 4.39 Å². The Morgan fingerprint density at radius 3 is 2.54 bits per heavy atom. The molecule has 0 amide bonds. The lowest BCUT2D eigenvalue weighted by Crippen LogP contribution is -2.04. The first kappa shape index (κ1) is 9.85. The summed E-state index contributed by atoms with van der Waals surface area (Å²) in [5.74, 6) is -4.03. The van der Waals surface area contributed by atoms with Crippen LogP contribution in [0.5, 0.6) is 5.75 Å². The smallest absolute Gasteiger partial charge is 0.200 e. The van der Waals surface area contributed by atoms with Crippen LogP contribution in [0, 0.1) is 17.5 Å². The first-order valence-electron chi connectivity index (χ1n) is 3.53. The molecule has 0 radical (unpaired) electrons. The minimum atomic E-state index is -1.31. The third-order valence-electron chi connectivity index (χ3n) is 1.31. The molecule has 1 rings (SSSR count). The van der Waals surface area contributed by atoms with E-state index in [-0.39, 0.29) is 13.2 Å². The zero-order valence-corrected chi connectivity index (χ0v) is 6.56. The van der Waals surface area contributed by atoms with Crippen LogP contribution in [-0.4, -0.2) is 18.3 Å². The summed E-state index contributed by atoms with van der Waals surface area (Å²) in [6, 6.07) is 1.13. The topological polar surface area (TPSA) is 29.5 Å². The second-order valence-electron chi connectivity index (χ2n) is 2.27. The number of aliphatic hydroxyl groups is 1. The molecule has 0 bridgehead atoms.